The van der Waals surface area contributed by atoms with Crippen LogP contribution >= 0.6 is 23.4 Å². The van der Waals surface area contributed by atoms with Crippen LogP contribution in [0, 0.1) is 0 Å². The molecule has 1 aromatic carbocycles. The third-order valence-corrected chi connectivity index (χ3v) is 4.21. The fourth-order valence-electron chi connectivity index (χ4n) is 2.16. The van der Waals surface area contributed by atoms with Crippen LogP contribution in [0.1, 0.15) is 19.0 Å². The zero-order valence-electron chi connectivity index (χ0n) is 10.5. The van der Waals surface area contributed by atoms with Crippen LogP contribution < -0.4 is 0 Å². The van der Waals surface area contributed by atoms with Crippen LogP contribution in [0.3, 0.4) is 0 Å². The lowest BCUT2D eigenvalue weighted by Gasteiger charge is -2.09. The number of hydrogen-bond acceptors (Lipinski definition) is 2. The first-order chi connectivity index (χ1) is 8.76. The summed E-state index contributed by atoms with van der Waals surface area (Å²) in [7, 11) is 0. The quantitative estimate of drug-likeness (QED) is 0.813. The first kappa shape index (κ1) is 13.8. The Balaban J connectivity index is 2.23. The van der Waals surface area contributed by atoms with Gasteiger partial charge in [0, 0.05) is 28.2 Å². The Hall–Kier alpha value is -0.640. The Labute approximate surface area is 117 Å². The van der Waals surface area contributed by atoms with Gasteiger partial charge in [0.15, 0.2) is 0 Å². The van der Waals surface area contributed by atoms with Gasteiger partial charge in [0.2, 0.25) is 0 Å². The van der Waals surface area contributed by atoms with Gasteiger partial charge < -0.3 is 9.67 Å². The maximum Gasteiger partial charge on any atom is 0.0833 e. The number of thioether (sulfide) groups is 1. The fourth-order valence-corrected chi connectivity index (χ4v) is 2.97. The van der Waals surface area contributed by atoms with Crippen molar-refractivity contribution in [2.45, 2.75) is 26.5 Å². The summed E-state index contributed by atoms with van der Waals surface area (Å²) >= 11 is 7.95. The van der Waals surface area contributed by atoms with E-state index in [1.807, 2.05) is 36.0 Å². The molecule has 0 unspecified atom stereocenters. The normalized spacial score (nSPS) is 11.3. The zero-order valence-corrected chi connectivity index (χ0v) is 12.1. The van der Waals surface area contributed by atoms with Gasteiger partial charge in [0.1, 0.15) is 0 Å². The highest BCUT2D eigenvalue weighted by atomic mass is 35.5. The van der Waals surface area contributed by atoms with Crippen molar-refractivity contribution < 1.29 is 5.11 Å². The van der Waals surface area contributed by atoms with Gasteiger partial charge in [-0.3, -0.25) is 0 Å². The number of nitrogens with zero attached hydrogens (tertiary/aromatic N) is 1. The molecular formula is C14H18ClNOS. The van der Waals surface area contributed by atoms with Crippen LogP contribution in [0.15, 0.2) is 24.3 Å². The molecule has 0 saturated heterocycles. The van der Waals surface area contributed by atoms with Crippen molar-refractivity contribution >= 4 is 34.3 Å². The molecule has 0 amide bonds. The highest BCUT2D eigenvalue weighted by Crippen LogP contribution is 2.24. The second-order valence-corrected chi connectivity index (χ2v) is 6.03. The molecule has 2 aromatic rings. The summed E-state index contributed by atoms with van der Waals surface area (Å²) in [6.45, 7) is 3.21. The highest BCUT2D eigenvalue weighted by molar-refractivity contribution is 7.99. The van der Waals surface area contributed by atoms with Gasteiger partial charge >= 0.3 is 0 Å². The first-order valence-electron chi connectivity index (χ1n) is 6.22. The summed E-state index contributed by atoms with van der Waals surface area (Å²) in [5.41, 5.74) is 2.12. The van der Waals surface area contributed by atoms with Crippen molar-refractivity contribution in [3.05, 3.63) is 35.0 Å². The topological polar surface area (TPSA) is 25.2 Å². The van der Waals surface area contributed by atoms with Gasteiger partial charge in [-0.15, -0.1) is 0 Å². The minimum Gasteiger partial charge on any atom is -0.390 e. The maximum atomic E-state index is 9.43. The Morgan fingerprint density at radius 2 is 2.17 bits per heavy atom. The molecule has 0 aliphatic rings. The smallest absolute Gasteiger partial charge is 0.0833 e. The van der Waals surface area contributed by atoms with E-state index in [-0.39, 0.29) is 6.61 Å². The van der Waals surface area contributed by atoms with E-state index in [1.165, 1.54) is 0 Å². The number of hydrogen-bond donors (Lipinski definition) is 1. The Morgan fingerprint density at radius 1 is 1.33 bits per heavy atom. The van der Waals surface area contributed by atoms with Gasteiger partial charge in [0.25, 0.3) is 0 Å². The average Bonchev–Trinajstić information content (AvgIpc) is 2.71. The standard InChI is InChI=1S/C14H18ClNOS/c1-2-18-7-3-6-16-13(10-17)9-11-8-12(15)4-5-14(11)16/h4-5,8-9,17H,2-3,6-7,10H2,1H3. The second kappa shape index (κ2) is 6.50. The number of aryl methyl sites for hydroxylation is 1. The second-order valence-electron chi connectivity index (χ2n) is 4.20. The number of aliphatic hydroxyl groups excluding tert-OH is 1. The van der Waals surface area contributed by atoms with Gasteiger partial charge in [-0.2, -0.15) is 11.8 Å². The van der Waals surface area contributed by atoms with E-state index in [4.69, 9.17) is 11.6 Å². The molecule has 1 aromatic heterocycles. The summed E-state index contributed by atoms with van der Waals surface area (Å²) in [4.78, 5) is 0. The predicted octanol–water partition coefficient (Wildman–Crippen LogP) is 3.93. The summed E-state index contributed by atoms with van der Waals surface area (Å²) in [6, 6.07) is 7.91. The Bertz CT molecular complexity index is 524. The lowest BCUT2D eigenvalue weighted by atomic mass is 10.2. The Morgan fingerprint density at radius 3 is 2.89 bits per heavy atom. The lowest BCUT2D eigenvalue weighted by molar-refractivity contribution is 0.271. The van der Waals surface area contributed by atoms with E-state index >= 15 is 0 Å². The molecule has 0 atom stereocenters. The van der Waals surface area contributed by atoms with E-state index in [0.717, 1.165) is 46.1 Å². The van der Waals surface area contributed by atoms with E-state index in [9.17, 15) is 5.11 Å². The molecule has 0 spiro atoms. The minimum atomic E-state index is 0.0766. The number of rotatable bonds is 6. The van der Waals surface area contributed by atoms with E-state index < -0.39 is 0 Å². The van der Waals surface area contributed by atoms with Crippen molar-refractivity contribution in [3.8, 4) is 0 Å². The third-order valence-electron chi connectivity index (χ3n) is 2.99. The van der Waals surface area contributed by atoms with Crippen molar-refractivity contribution in [3.63, 3.8) is 0 Å². The van der Waals surface area contributed by atoms with Gasteiger partial charge in [-0.1, -0.05) is 18.5 Å². The molecule has 18 heavy (non-hydrogen) atoms. The molecule has 0 saturated carbocycles. The monoisotopic (exact) mass is 283 g/mol. The van der Waals surface area contributed by atoms with Gasteiger partial charge in [-0.25, -0.2) is 0 Å². The first-order valence-corrected chi connectivity index (χ1v) is 7.75. The van der Waals surface area contributed by atoms with Crippen LogP contribution in [0.25, 0.3) is 10.9 Å². The average molecular weight is 284 g/mol. The predicted molar refractivity (Wildman–Crippen MR) is 80.5 cm³/mol. The fraction of sp³-hybridized carbons (Fsp3) is 0.429. The molecular weight excluding hydrogens is 266 g/mol. The third kappa shape index (κ3) is 3.02. The molecule has 98 valence electrons. The van der Waals surface area contributed by atoms with Crippen molar-refractivity contribution in [1.82, 2.24) is 4.57 Å². The highest BCUT2D eigenvalue weighted by Gasteiger charge is 2.08. The summed E-state index contributed by atoms with van der Waals surface area (Å²) < 4.78 is 2.20. The van der Waals surface area contributed by atoms with E-state index in [2.05, 4.69) is 11.5 Å². The van der Waals surface area contributed by atoms with Crippen LogP contribution in [0.4, 0.5) is 0 Å². The molecule has 4 heteroatoms. The molecule has 0 aliphatic carbocycles. The molecule has 0 fully saturated rings. The van der Waals surface area contributed by atoms with Crippen LogP contribution in [-0.4, -0.2) is 21.2 Å². The van der Waals surface area contributed by atoms with E-state index in [1.54, 1.807) is 0 Å². The van der Waals surface area contributed by atoms with Gasteiger partial charge in [0.05, 0.1) is 6.61 Å². The lowest BCUT2D eigenvalue weighted by Crippen LogP contribution is -2.03. The van der Waals surface area contributed by atoms with Crippen LogP contribution in [0.2, 0.25) is 5.02 Å². The number of benzene rings is 1. The SMILES string of the molecule is CCSCCCn1c(CO)cc2cc(Cl)ccc21. The molecule has 1 heterocycles. The molecule has 0 aliphatic heterocycles. The van der Waals surface area contributed by atoms with E-state index in [0.29, 0.717) is 0 Å². The molecule has 1 N–H and O–H groups in total. The number of fused-ring (bicyclic) bond motifs is 1. The van der Waals surface area contributed by atoms with Crippen LogP contribution in [0.5, 0.6) is 0 Å². The summed E-state index contributed by atoms with van der Waals surface area (Å²) in [5, 5.41) is 11.3. The number of aliphatic hydroxyl groups is 1. The largest absolute Gasteiger partial charge is 0.390 e. The maximum absolute atomic E-state index is 9.43. The van der Waals surface area contributed by atoms with Crippen molar-refractivity contribution in [2.24, 2.45) is 0 Å². The van der Waals surface area contributed by atoms with Crippen molar-refractivity contribution in [1.29, 1.82) is 0 Å². The molecule has 0 bridgehead atoms. The van der Waals surface area contributed by atoms with Crippen molar-refractivity contribution in [2.75, 3.05) is 11.5 Å². The number of aromatic nitrogens is 1. The summed E-state index contributed by atoms with van der Waals surface area (Å²) in [5.74, 6) is 2.32. The zero-order chi connectivity index (χ0) is 13.0. The molecule has 2 rings (SSSR count). The van der Waals surface area contributed by atoms with Gasteiger partial charge in [-0.05, 0) is 42.2 Å². The van der Waals surface area contributed by atoms with Crippen LogP contribution in [-0.2, 0) is 13.2 Å². The Kier molecular flexibility index (Phi) is 4.98. The summed E-state index contributed by atoms with van der Waals surface area (Å²) in [6.07, 6.45) is 1.12. The number of halogens is 1. The molecule has 2 nitrogen and oxygen atoms in total. The molecule has 0 radical (unpaired) electrons. The minimum absolute atomic E-state index is 0.0766.